The normalized spacial score (nSPS) is 16.8. The van der Waals surface area contributed by atoms with E-state index in [-0.39, 0.29) is 5.54 Å². The lowest BCUT2D eigenvalue weighted by atomic mass is 9.90. The molecule has 3 rings (SSSR count). The summed E-state index contributed by atoms with van der Waals surface area (Å²) in [6, 6.07) is 8.30. The molecule has 1 aromatic carbocycles. The van der Waals surface area contributed by atoms with Crippen molar-refractivity contribution in [2.24, 2.45) is 0 Å². The van der Waals surface area contributed by atoms with Gasteiger partial charge in [-0.25, -0.2) is 0 Å². The lowest BCUT2D eigenvalue weighted by Gasteiger charge is -2.39. The van der Waals surface area contributed by atoms with Crippen LogP contribution in [0.5, 0.6) is 0 Å². The number of aromatic nitrogens is 1. The third-order valence-electron chi connectivity index (χ3n) is 4.14. The molecule has 0 atom stereocenters. The second-order valence-electron chi connectivity index (χ2n) is 5.03. The van der Waals surface area contributed by atoms with Crippen LogP contribution in [0.3, 0.4) is 0 Å². The highest BCUT2D eigenvalue weighted by atomic mass is 15.1. The van der Waals surface area contributed by atoms with Crippen molar-refractivity contribution in [2.45, 2.75) is 32.2 Å². The van der Waals surface area contributed by atoms with Crippen molar-refractivity contribution < 1.29 is 0 Å². The average molecular weight is 241 g/mol. The highest BCUT2D eigenvalue weighted by Crippen LogP contribution is 2.37. The van der Waals surface area contributed by atoms with E-state index in [2.05, 4.69) is 47.7 Å². The average Bonchev–Trinajstić information content (AvgIpc) is 2.46. The van der Waals surface area contributed by atoms with Crippen LogP contribution in [0.15, 0.2) is 30.5 Å². The highest BCUT2D eigenvalue weighted by Gasteiger charge is 2.31. The molecular formula is C15H19N3. The van der Waals surface area contributed by atoms with Crippen LogP contribution in [0.25, 0.3) is 10.9 Å². The van der Waals surface area contributed by atoms with Crippen molar-refractivity contribution in [1.29, 1.82) is 0 Å². The van der Waals surface area contributed by atoms with Crippen molar-refractivity contribution in [3.05, 3.63) is 30.5 Å². The van der Waals surface area contributed by atoms with Gasteiger partial charge in [0.2, 0.25) is 0 Å². The molecule has 3 heteroatoms. The van der Waals surface area contributed by atoms with Crippen LogP contribution in [0.1, 0.15) is 26.7 Å². The molecule has 1 aliphatic rings. The number of fused-ring (bicyclic) bond motifs is 3. The molecule has 18 heavy (non-hydrogen) atoms. The van der Waals surface area contributed by atoms with Crippen molar-refractivity contribution in [2.75, 3.05) is 17.2 Å². The van der Waals surface area contributed by atoms with Crippen molar-refractivity contribution in [3.63, 3.8) is 0 Å². The van der Waals surface area contributed by atoms with E-state index in [4.69, 9.17) is 0 Å². The van der Waals surface area contributed by atoms with Crippen molar-refractivity contribution in [3.8, 4) is 0 Å². The number of hydrogen-bond donors (Lipinski definition) is 2. The Bertz CT molecular complexity index is 573. The van der Waals surface area contributed by atoms with E-state index in [1.165, 1.54) is 11.1 Å². The fourth-order valence-corrected chi connectivity index (χ4v) is 2.66. The van der Waals surface area contributed by atoms with Gasteiger partial charge >= 0.3 is 0 Å². The SMILES string of the molecule is CCC1(CC)CNc2cnc3ccccc3c2N1. The van der Waals surface area contributed by atoms with Crippen LogP contribution < -0.4 is 10.6 Å². The van der Waals surface area contributed by atoms with E-state index in [0.29, 0.717) is 0 Å². The van der Waals surface area contributed by atoms with Gasteiger partial charge in [-0.15, -0.1) is 0 Å². The first kappa shape index (κ1) is 11.3. The van der Waals surface area contributed by atoms with Gasteiger partial charge in [0.25, 0.3) is 0 Å². The van der Waals surface area contributed by atoms with Gasteiger partial charge in [-0.2, -0.15) is 0 Å². The fourth-order valence-electron chi connectivity index (χ4n) is 2.66. The summed E-state index contributed by atoms with van der Waals surface area (Å²) >= 11 is 0. The van der Waals surface area contributed by atoms with Crippen LogP contribution in [-0.4, -0.2) is 17.1 Å². The molecule has 0 bridgehead atoms. The number of anilines is 2. The van der Waals surface area contributed by atoms with E-state index in [1.54, 1.807) is 0 Å². The van der Waals surface area contributed by atoms with Crippen molar-refractivity contribution >= 4 is 22.3 Å². The van der Waals surface area contributed by atoms with Crippen LogP contribution in [0.4, 0.5) is 11.4 Å². The zero-order chi connectivity index (χ0) is 12.6. The van der Waals surface area contributed by atoms with E-state index in [0.717, 1.165) is 30.6 Å². The number of rotatable bonds is 2. The zero-order valence-electron chi connectivity index (χ0n) is 11.0. The highest BCUT2D eigenvalue weighted by molar-refractivity contribution is 5.98. The predicted molar refractivity (Wildman–Crippen MR) is 77.2 cm³/mol. The molecule has 0 radical (unpaired) electrons. The largest absolute Gasteiger partial charge is 0.380 e. The Balaban J connectivity index is 2.15. The number of nitrogens with zero attached hydrogens (tertiary/aromatic N) is 1. The summed E-state index contributed by atoms with van der Waals surface area (Å²) in [7, 11) is 0. The third kappa shape index (κ3) is 1.62. The first-order valence-electron chi connectivity index (χ1n) is 6.68. The smallest absolute Gasteiger partial charge is 0.0770 e. The van der Waals surface area contributed by atoms with Gasteiger partial charge in [0.15, 0.2) is 0 Å². The summed E-state index contributed by atoms with van der Waals surface area (Å²) < 4.78 is 0. The van der Waals surface area contributed by atoms with E-state index >= 15 is 0 Å². The first-order valence-corrected chi connectivity index (χ1v) is 6.68. The van der Waals surface area contributed by atoms with Gasteiger partial charge in [0, 0.05) is 11.9 Å². The second kappa shape index (κ2) is 4.16. The lowest BCUT2D eigenvalue weighted by Crippen LogP contribution is -2.46. The molecule has 1 aromatic heterocycles. The van der Waals surface area contributed by atoms with Crippen molar-refractivity contribution in [1.82, 2.24) is 4.98 Å². The Morgan fingerprint density at radius 3 is 2.78 bits per heavy atom. The Labute approximate surface area is 108 Å². The van der Waals surface area contributed by atoms with Crippen LogP contribution >= 0.6 is 0 Å². The van der Waals surface area contributed by atoms with Crippen LogP contribution in [0.2, 0.25) is 0 Å². The Hall–Kier alpha value is -1.77. The summed E-state index contributed by atoms with van der Waals surface area (Å²) in [6.45, 7) is 5.45. The minimum Gasteiger partial charge on any atom is -0.380 e. The summed E-state index contributed by atoms with van der Waals surface area (Å²) in [5.74, 6) is 0. The quantitative estimate of drug-likeness (QED) is 0.843. The summed E-state index contributed by atoms with van der Waals surface area (Å²) in [6.07, 6.45) is 4.17. The van der Waals surface area contributed by atoms with E-state index < -0.39 is 0 Å². The topological polar surface area (TPSA) is 37.0 Å². The maximum absolute atomic E-state index is 4.49. The summed E-state index contributed by atoms with van der Waals surface area (Å²) in [5.41, 5.74) is 3.53. The fraction of sp³-hybridized carbons (Fsp3) is 0.400. The molecule has 0 unspecified atom stereocenters. The molecule has 0 saturated carbocycles. The maximum Gasteiger partial charge on any atom is 0.0770 e. The van der Waals surface area contributed by atoms with Crippen LogP contribution in [0, 0.1) is 0 Å². The molecule has 3 nitrogen and oxygen atoms in total. The monoisotopic (exact) mass is 241 g/mol. The number of para-hydroxylation sites is 1. The minimum atomic E-state index is 0.164. The van der Waals surface area contributed by atoms with Gasteiger partial charge < -0.3 is 10.6 Å². The lowest BCUT2D eigenvalue weighted by molar-refractivity contribution is 0.452. The standard InChI is InChI=1S/C15H19N3/c1-3-15(4-2)10-17-13-9-16-12-8-6-5-7-11(12)14(13)18-15/h5-9,17-18H,3-4,10H2,1-2H3. The Kier molecular flexibility index (Phi) is 2.62. The van der Waals surface area contributed by atoms with Gasteiger partial charge in [-0.3, -0.25) is 4.98 Å². The molecule has 2 N–H and O–H groups in total. The molecule has 2 heterocycles. The molecule has 94 valence electrons. The van der Waals surface area contributed by atoms with Gasteiger partial charge in [-0.05, 0) is 18.9 Å². The molecular weight excluding hydrogens is 222 g/mol. The molecule has 1 aliphatic heterocycles. The number of benzene rings is 1. The summed E-state index contributed by atoms with van der Waals surface area (Å²) in [5, 5.41) is 8.48. The molecule has 0 saturated heterocycles. The molecule has 2 aromatic rings. The number of hydrogen-bond acceptors (Lipinski definition) is 3. The molecule has 0 spiro atoms. The molecule has 0 amide bonds. The molecule has 0 fully saturated rings. The Morgan fingerprint density at radius 2 is 2.00 bits per heavy atom. The predicted octanol–water partition coefficient (Wildman–Crippen LogP) is 3.63. The van der Waals surface area contributed by atoms with Crippen LogP contribution in [-0.2, 0) is 0 Å². The minimum absolute atomic E-state index is 0.164. The maximum atomic E-state index is 4.49. The third-order valence-corrected chi connectivity index (χ3v) is 4.14. The van der Waals surface area contributed by atoms with E-state index in [1.807, 2.05) is 12.3 Å². The Morgan fingerprint density at radius 1 is 1.22 bits per heavy atom. The number of nitrogens with one attached hydrogen (secondary N) is 2. The van der Waals surface area contributed by atoms with Gasteiger partial charge in [0.05, 0.1) is 28.6 Å². The van der Waals surface area contributed by atoms with E-state index in [9.17, 15) is 0 Å². The van der Waals surface area contributed by atoms with Gasteiger partial charge in [0.1, 0.15) is 0 Å². The summed E-state index contributed by atoms with van der Waals surface area (Å²) in [4.78, 5) is 4.49. The second-order valence-corrected chi connectivity index (χ2v) is 5.03. The zero-order valence-corrected chi connectivity index (χ0v) is 11.0. The molecule has 0 aliphatic carbocycles. The van der Waals surface area contributed by atoms with Gasteiger partial charge in [-0.1, -0.05) is 32.0 Å². The number of pyridine rings is 1. The first-order chi connectivity index (χ1) is 8.78.